The molecule has 0 aliphatic heterocycles. The van der Waals surface area contributed by atoms with E-state index in [1.807, 2.05) is 84.3 Å². The van der Waals surface area contributed by atoms with Gasteiger partial charge in [0.15, 0.2) is 11.0 Å². The first-order valence-electron chi connectivity index (χ1n) is 10.3. The maximum Gasteiger partial charge on any atom is 0.234 e. The summed E-state index contributed by atoms with van der Waals surface area (Å²) in [6, 6.07) is 23.1. The third-order valence-corrected chi connectivity index (χ3v) is 5.89. The van der Waals surface area contributed by atoms with E-state index in [-0.39, 0.29) is 11.7 Å². The number of hydrogen-bond donors (Lipinski definition) is 1. The molecule has 0 atom stereocenters. The molecule has 4 aromatic rings. The number of rotatable bonds is 8. The molecule has 168 valence electrons. The molecule has 1 aromatic heterocycles. The van der Waals surface area contributed by atoms with Gasteiger partial charge in [-0.05, 0) is 61.0 Å². The zero-order chi connectivity index (χ0) is 23.2. The molecule has 0 unspecified atom stereocenters. The number of anilines is 1. The van der Waals surface area contributed by atoms with Crippen LogP contribution in [-0.2, 0) is 4.79 Å². The predicted molar refractivity (Wildman–Crippen MR) is 130 cm³/mol. The molecule has 0 saturated carbocycles. The lowest BCUT2D eigenvalue weighted by atomic mass is 10.2. The van der Waals surface area contributed by atoms with Gasteiger partial charge in [0.25, 0.3) is 0 Å². The van der Waals surface area contributed by atoms with E-state index in [2.05, 4.69) is 15.5 Å². The van der Waals surface area contributed by atoms with Gasteiger partial charge in [0, 0.05) is 11.3 Å². The molecule has 4 rings (SSSR count). The number of nitrogens with one attached hydrogen (secondary N) is 1. The van der Waals surface area contributed by atoms with Crippen molar-refractivity contribution in [2.75, 3.05) is 25.3 Å². The molecule has 0 spiro atoms. The van der Waals surface area contributed by atoms with E-state index >= 15 is 0 Å². The van der Waals surface area contributed by atoms with Gasteiger partial charge in [-0.15, -0.1) is 10.2 Å². The molecular formula is C25H24N4O3S. The lowest BCUT2D eigenvalue weighted by Crippen LogP contribution is -2.15. The third kappa shape index (κ3) is 5.18. The summed E-state index contributed by atoms with van der Waals surface area (Å²) in [5, 5.41) is 12.3. The number of carbonyl (C=O) groups is 1. The fraction of sp³-hybridized carbons (Fsp3) is 0.160. The first kappa shape index (κ1) is 22.4. The SMILES string of the molecule is COc1ccc(-c2nnc(SCC(=O)Nc3cc(C)ccc3OC)n2-c2ccccc2)cc1. The first-order valence-corrected chi connectivity index (χ1v) is 11.3. The van der Waals surface area contributed by atoms with Gasteiger partial charge in [-0.2, -0.15) is 0 Å². The molecule has 1 amide bonds. The Kier molecular flexibility index (Phi) is 6.95. The molecule has 1 heterocycles. The summed E-state index contributed by atoms with van der Waals surface area (Å²) in [6.45, 7) is 1.97. The van der Waals surface area contributed by atoms with Crippen LogP contribution in [0.25, 0.3) is 17.1 Å². The largest absolute Gasteiger partial charge is 0.497 e. The lowest BCUT2D eigenvalue weighted by molar-refractivity contribution is -0.113. The van der Waals surface area contributed by atoms with Crippen molar-refractivity contribution in [1.82, 2.24) is 14.8 Å². The van der Waals surface area contributed by atoms with E-state index in [1.165, 1.54) is 11.8 Å². The highest BCUT2D eigenvalue weighted by atomic mass is 32.2. The summed E-state index contributed by atoms with van der Waals surface area (Å²) in [7, 11) is 3.21. The minimum atomic E-state index is -0.155. The average Bonchev–Trinajstić information content (AvgIpc) is 3.27. The van der Waals surface area contributed by atoms with Crippen LogP contribution in [0.5, 0.6) is 11.5 Å². The fourth-order valence-corrected chi connectivity index (χ4v) is 4.09. The highest BCUT2D eigenvalue weighted by molar-refractivity contribution is 7.99. The van der Waals surface area contributed by atoms with Crippen molar-refractivity contribution in [3.8, 4) is 28.6 Å². The van der Waals surface area contributed by atoms with Crippen LogP contribution in [0.2, 0.25) is 0 Å². The molecule has 0 radical (unpaired) electrons. The number of methoxy groups -OCH3 is 2. The second-order valence-electron chi connectivity index (χ2n) is 7.25. The molecular weight excluding hydrogens is 436 g/mol. The predicted octanol–water partition coefficient (Wildman–Crippen LogP) is 4.99. The molecule has 3 aromatic carbocycles. The van der Waals surface area contributed by atoms with Crippen LogP contribution in [0.4, 0.5) is 5.69 Å². The molecule has 1 N–H and O–H groups in total. The van der Waals surface area contributed by atoms with E-state index in [4.69, 9.17) is 9.47 Å². The van der Waals surface area contributed by atoms with Crippen LogP contribution in [0, 0.1) is 6.92 Å². The highest BCUT2D eigenvalue weighted by Crippen LogP contribution is 2.30. The number of hydrogen-bond acceptors (Lipinski definition) is 6. The molecule has 8 heteroatoms. The minimum absolute atomic E-state index is 0.155. The molecule has 33 heavy (non-hydrogen) atoms. The lowest BCUT2D eigenvalue weighted by Gasteiger charge is -2.12. The summed E-state index contributed by atoms with van der Waals surface area (Å²) in [6.07, 6.45) is 0. The van der Waals surface area contributed by atoms with Gasteiger partial charge in [-0.25, -0.2) is 0 Å². The Morgan fingerprint density at radius 2 is 1.73 bits per heavy atom. The van der Waals surface area contributed by atoms with Gasteiger partial charge in [0.05, 0.1) is 25.7 Å². The number of carbonyl (C=O) groups excluding carboxylic acids is 1. The first-order chi connectivity index (χ1) is 16.1. The minimum Gasteiger partial charge on any atom is -0.497 e. The third-order valence-electron chi connectivity index (χ3n) is 4.96. The number of nitrogens with zero attached hydrogens (tertiary/aromatic N) is 3. The fourth-order valence-electron chi connectivity index (χ4n) is 3.34. The highest BCUT2D eigenvalue weighted by Gasteiger charge is 2.18. The van der Waals surface area contributed by atoms with Crippen LogP contribution in [0.15, 0.2) is 78.0 Å². The van der Waals surface area contributed by atoms with Crippen molar-refractivity contribution < 1.29 is 14.3 Å². The molecule has 0 aliphatic carbocycles. The van der Waals surface area contributed by atoms with E-state index in [0.717, 1.165) is 22.6 Å². The quantitative estimate of drug-likeness (QED) is 0.373. The number of amides is 1. The Bertz CT molecular complexity index is 1240. The molecule has 0 fully saturated rings. The van der Waals surface area contributed by atoms with Crippen molar-refractivity contribution in [2.45, 2.75) is 12.1 Å². The number of aryl methyl sites for hydroxylation is 1. The topological polar surface area (TPSA) is 78.3 Å². The van der Waals surface area contributed by atoms with Gasteiger partial charge < -0.3 is 14.8 Å². The Balaban J connectivity index is 1.58. The van der Waals surface area contributed by atoms with Crippen LogP contribution >= 0.6 is 11.8 Å². The zero-order valence-corrected chi connectivity index (χ0v) is 19.4. The van der Waals surface area contributed by atoms with Crippen molar-refractivity contribution in [3.05, 3.63) is 78.4 Å². The number of aromatic nitrogens is 3. The molecule has 7 nitrogen and oxygen atoms in total. The Morgan fingerprint density at radius 1 is 0.970 bits per heavy atom. The summed E-state index contributed by atoms with van der Waals surface area (Å²) in [5.74, 6) is 2.09. The van der Waals surface area contributed by atoms with Crippen LogP contribution in [-0.4, -0.2) is 40.6 Å². The van der Waals surface area contributed by atoms with Crippen molar-refractivity contribution in [1.29, 1.82) is 0 Å². The summed E-state index contributed by atoms with van der Waals surface area (Å²) in [5.41, 5.74) is 3.49. The van der Waals surface area contributed by atoms with E-state index in [9.17, 15) is 4.79 Å². The van der Waals surface area contributed by atoms with Crippen LogP contribution in [0.1, 0.15) is 5.56 Å². The summed E-state index contributed by atoms with van der Waals surface area (Å²) < 4.78 is 12.6. The Hall–Kier alpha value is -3.78. The number of para-hydroxylation sites is 1. The number of thioether (sulfide) groups is 1. The van der Waals surface area contributed by atoms with E-state index in [1.54, 1.807) is 14.2 Å². The normalized spacial score (nSPS) is 10.6. The molecule has 0 aliphatic rings. The van der Waals surface area contributed by atoms with Crippen molar-refractivity contribution in [2.24, 2.45) is 0 Å². The monoisotopic (exact) mass is 460 g/mol. The van der Waals surface area contributed by atoms with Crippen LogP contribution in [0.3, 0.4) is 0 Å². The van der Waals surface area contributed by atoms with Crippen molar-refractivity contribution >= 4 is 23.4 Å². The van der Waals surface area contributed by atoms with Gasteiger partial charge in [-0.1, -0.05) is 36.0 Å². The van der Waals surface area contributed by atoms with Crippen molar-refractivity contribution in [3.63, 3.8) is 0 Å². The van der Waals surface area contributed by atoms with E-state index in [0.29, 0.717) is 22.4 Å². The maximum atomic E-state index is 12.7. The second-order valence-corrected chi connectivity index (χ2v) is 8.19. The number of benzene rings is 3. The second kappa shape index (κ2) is 10.2. The Labute approximate surface area is 196 Å². The van der Waals surface area contributed by atoms with E-state index < -0.39 is 0 Å². The standard InChI is InChI=1S/C25H24N4O3S/c1-17-9-14-22(32-3)21(15-17)26-23(30)16-33-25-28-27-24(18-10-12-20(31-2)13-11-18)29(25)19-7-5-4-6-8-19/h4-15H,16H2,1-3H3,(H,26,30). The summed E-state index contributed by atoms with van der Waals surface area (Å²) >= 11 is 1.32. The zero-order valence-electron chi connectivity index (χ0n) is 18.6. The Morgan fingerprint density at radius 3 is 2.42 bits per heavy atom. The average molecular weight is 461 g/mol. The maximum absolute atomic E-state index is 12.7. The molecule has 0 bridgehead atoms. The summed E-state index contributed by atoms with van der Waals surface area (Å²) in [4.78, 5) is 12.7. The van der Waals surface area contributed by atoms with Gasteiger partial charge in [0.1, 0.15) is 11.5 Å². The molecule has 0 saturated heterocycles. The van der Waals surface area contributed by atoms with Gasteiger partial charge in [-0.3, -0.25) is 9.36 Å². The number of ether oxygens (including phenoxy) is 2. The van der Waals surface area contributed by atoms with Crippen LogP contribution < -0.4 is 14.8 Å². The van der Waals surface area contributed by atoms with Gasteiger partial charge in [0.2, 0.25) is 5.91 Å². The van der Waals surface area contributed by atoms with Gasteiger partial charge >= 0.3 is 0 Å². The smallest absolute Gasteiger partial charge is 0.234 e.